The SMILES string of the molecule is NC1=NS(O)(O)Nc2cccc(OCC3CCCN(C(=O)CCc4cccnc4)C3)c21. The van der Waals surface area contributed by atoms with E-state index in [2.05, 4.69) is 14.1 Å². The Balaban J connectivity index is 1.34. The van der Waals surface area contributed by atoms with Crippen LogP contribution >= 0.6 is 11.0 Å². The monoisotopic (exact) mass is 445 g/mol. The summed E-state index contributed by atoms with van der Waals surface area (Å²) in [5.74, 6) is 0.917. The maximum absolute atomic E-state index is 12.7. The van der Waals surface area contributed by atoms with Crippen LogP contribution in [-0.4, -0.2) is 50.4 Å². The van der Waals surface area contributed by atoms with Crippen LogP contribution in [-0.2, 0) is 11.2 Å². The molecule has 3 heterocycles. The number of nitrogens with two attached hydrogens (primary N) is 1. The zero-order chi connectivity index (χ0) is 21.8. The smallest absolute Gasteiger partial charge is 0.222 e. The highest BCUT2D eigenvalue weighted by Crippen LogP contribution is 2.46. The summed E-state index contributed by atoms with van der Waals surface area (Å²) in [5, 5.41) is 0. The fourth-order valence-electron chi connectivity index (χ4n) is 3.94. The van der Waals surface area contributed by atoms with Crippen LogP contribution in [0.3, 0.4) is 0 Å². The molecule has 1 amide bonds. The molecule has 31 heavy (non-hydrogen) atoms. The van der Waals surface area contributed by atoms with Gasteiger partial charge in [0.05, 0.1) is 17.9 Å². The van der Waals surface area contributed by atoms with E-state index in [9.17, 15) is 13.9 Å². The molecule has 1 aromatic carbocycles. The summed E-state index contributed by atoms with van der Waals surface area (Å²) in [6.07, 6.45) is 6.59. The lowest BCUT2D eigenvalue weighted by atomic mass is 9.98. The molecule has 1 saturated heterocycles. The van der Waals surface area contributed by atoms with E-state index >= 15 is 0 Å². The van der Waals surface area contributed by atoms with Crippen LogP contribution in [0.2, 0.25) is 0 Å². The molecule has 166 valence electrons. The van der Waals surface area contributed by atoms with Crippen LogP contribution in [0.15, 0.2) is 47.1 Å². The van der Waals surface area contributed by atoms with E-state index in [1.165, 1.54) is 0 Å². The number of pyridine rings is 1. The first-order valence-electron chi connectivity index (χ1n) is 10.3. The average Bonchev–Trinajstić information content (AvgIpc) is 2.76. The van der Waals surface area contributed by atoms with E-state index in [1.54, 1.807) is 30.6 Å². The topological polar surface area (TPSA) is 133 Å². The minimum absolute atomic E-state index is 0.0280. The van der Waals surface area contributed by atoms with Gasteiger partial charge < -0.3 is 15.4 Å². The minimum atomic E-state index is -3.33. The zero-order valence-electron chi connectivity index (χ0n) is 17.1. The molecule has 0 radical (unpaired) electrons. The maximum atomic E-state index is 12.7. The number of amides is 1. The lowest BCUT2D eigenvalue weighted by Gasteiger charge is -2.34. The molecule has 0 bridgehead atoms. The van der Waals surface area contributed by atoms with Gasteiger partial charge in [0.25, 0.3) is 0 Å². The summed E-state index contributed by atoms with van der Waals surface area (Å²) >= 11 is 0. The highest BCUT2D eigenvalue weighted by atomic mass is 32.3. The van der Waals surface area contributed by atoms with Crippen LogP contribution in [0.1, 0.15) is 30.4 Å². The van der Waals surface area contributed by atoms with E-state index in [1.807, 2.05) is 17.0 Å². The number of ether oxygens (including phenoxy) is 1. The Morgan fingerprint density at radius 2 is 2.19 bits per heavy atom. The second kappa shape index (κ2) is 9.13. The van der Waals surface area contributed by atoms with Crippen molar-refractivity contribution in [3.63, 3.8) is 0 Å². The first kappa shape index (κ1) is 21.4. The van der Waals surface area contributed by atoms with Crippen molar-refractivity contribution >= 4 is 28.4 Å². The number of rotatable bonds is 6. The fourth-order valence-corrected chi connectivity index (χ4v) is 4.82. The van der Waals surface area contributed by atoms with Crippen LogP contribution in [0, 0.1) is 5.92 Å². The molecule has 1 unspecified atom stereocenters. The van der Waals surface area contributed by atoms with Crippen molar-refractivity contribution in [2.24, 2.45) is 16.0 Å². The van der Waals surface area contributed by atoms with Gasteiger partial charge in [0.15, 0.2) is 5.84 Å². The van der Waals surface area contributed by atoms with Gasteiger partial charge in [0.2, 0.25) is 5.91 Å². The summed E-state index contributed by atoms with van der Waals surface area (Å²) in [5.41, 5.74) is 8.00. The number of nitrogens with zero attached hydrogens (tertiary/aromatic N) is 3. The Labute approximate surface area is 183 Å². The zero-order valence-corrected chi connectivity index (χ0v) is 17.9. The number of piperidine rings is 1. The molecule has 2 aliphatic rings. The summed E-state index contributed by atoms with van der Waals surface area (Å²) in [6, 6.07) is 9.09. The number of anilines is 1. The van der Waals surface area contributed by atoms with Gasteiger partial charge in [0.1, 0.15) is 5.75 Å². The number of benzene rings is 1. The quantitative estimate of drug-likeness (QED) is 0.537. The van der Waals surface area contributed by atoms with Crippen LogP contribution in [0.5, 0.6) is 5.75 Å². The summed E-state index contributed by atoms with van der Waals surface area (Å²) < 4.78 is 31.9. The Morgan fingerprint density at radius 1 is 1.32 bits per heavy atom. The number of fused-ring (bicyclic) bond motifs is 1. The van der Waals surface area contributed by atoms with E-state index in [4.69, 9.17) is 10.5 Å². The molecule has 0 aliphatic carbocycles. The predicted molar refractivity (Wildman–Crippen MR) is 121 cm³/mol. The second-order valence-electron chi connectivity index (χ2n) is 7.80. The normalized spacial score (nSPS) is 20.8. The lowest BCUT2D eigenvalue weighted by Crippen LogP contribution is -2.41. The number of carbonyl (C=O) groups excluding carboxylic acids is 1. The van der Waals surface area contributed by atoms with E-state index in [-0.39, 0.29) is 17.7 Å². The van der Waals surface area contributed by atoms with Crippen LogP contribution < -0.4 is 15.2 Å². The van der Waals surface area contributed by atoms with Gasteiger partial charge in [-0.15, -0.1) is 4.40 Å². The minimum Gasteiger partial charge on any atom is -0.492 e. The third-order valence-electron chi connectivity index (χ3n) is 5.45. The molecule has 0 saturated carbocycles. The highest BCUT2D eigenvalue weighted by molar-refractivity contribution is 8.24. The predicted octanol–water partition coefficient (Wildman–Crippen LogP) is 3.04. The number of likely N-dealkylation sites (tertiary alicyclic amines) is 1. The first-order valence-corrected chi connectivity index (χ1v) is 11.8. The van der Waals surface area contributed by atoms with Crippen molar-refractivity contribution < 1.29 is 18.6 Å². The van der Waals surface area contributed by atoms with Gasteiger partial charge in [-0.3, -0.25) is 23.6 Å². The standard InChI is InChI=1S/C21H27N5O4S/c22-21-20-17(24-31(28,29)25-21)6-1-7-18(20)30-14-16-5-3-11-26(13-16)19(27)9-8-15-4-2-10-23-12-15/h1-2,4,6-7,10,12,16,24,28-29H,3,5,8-9,11,13-14H2,(H2,22,25). The van der Waals surface area contributed by atoms with Crippen molar-refractivity contribution in [2.75, 3.05) is 24.4 Å². The first-order chi connectivity index (χ1) is 14.9. The Kier molecular flexibility index (Phi) is 6.30. The number of aromatic nitrogens is 1. The van der Waals surface area contributed by atoms with Crippen molar-refractivity contribution in [1.29, 1.82) is 0 Å². The third kappa shape index (κ3) is 5.27. The molecular formula is C21H27N5O4S. The number of aryl methyl sites for hydroxylation is 1. The molecule has 1 fully saturated rings. The largest absolute Gasteiger partial charge is 0.492 e. The second-order valence-corrected chi connectivity index (χ2v) is 9.22. The van der Waals surface area contributed by atoms with E-state index < -0.39 is 11.0 Å². The van der Waals surface area contributed by atoms with E-state index in [0.717, 1.165) is 24.9 Å². The van der Waals surface area contributed by atoms with Gasteiger partial charge in [0, 0.05) is 37.8 Å². The molecule has 5 N–H and O–H groups in total. The van der Waals surface area contributed by atoms with E-state index in [0.29, 0.717) is 43.0 Å². The number of hydrogen-bond acceptors (Lipinski definition) is 8. The maximum Gasteiger partial charge on any atom is 0.222 e. The molecule has 1 atom stereocenters. The highest BCUT2D eigenvalue weighted by Gasteiger charge is 2.27. The van der Waals surface area contributed by atoms with Gasteiger partial charge in [-0.05, 0) is 54.0 Å². The Hall–Kier alpha value is -2.82. The Morgan fingerprint density at radius 3 is 3.00 bits per heavy atom. The van der Waals surface area contributed by atoms with Gasteiger partial charge in [-0.25, -0.2) is 0 Å². The van der Waals surface area contributed by atoms with Crippen molar-refractivity contribution in [3.8, 4) is 5.75 Å². The van der Waals surface area contributed by atoms with Gasteiger partial charge >= 0.3 is 0 Å². The molecule has 2 aromatic rings. The molecule has 10 heteroatoms. The molecule has 4 rings (SSSR count). The number of hydrogen-bond donors (Lipinski definition) is 4. The fraction of sp³-hybridized carbons (Fsp3) is 0.381. The van der Waals surface area contributed by atoms with Crippen LogP contribution in [0.4, 0.5) is 5.69 Å². The van der Waals surface area contributed by atoms with Crippen molar-refractivity contribution in [2.45, 2.75) is 25.7 Å². The van der Waals surface area contributed by atoms with Crippen molar-refractivity contribution in [3.05, 3.63) is 53.9 Å². The molecule has 9 nitrogen and oxygen atoms in total. The van der Waals surface area contributed by atoms with Gasteiger partial charge in [-0.2, -0.15) is 0 Å². The summed E-state index contributed by atoms with van der Waals surface area (Å²) in [6.45, 7) is 1.86. The molecule has 1 aromatic heterocycles. The van der Waals surface area contributed by atoms with Crippen molar-refractivity contribution in [1.82, 2.24) is 9.88 Å². The summed E-state index contributed by atoms with van der Waals surface area (Å²) in [4.78, 5) is 18.7. The van der Waals surface area contributed by atoms with Gasteiger partial charge in [-0.1, -0.05) is 12.1 Å². The number of amidine groups is 1. The number of carbonyl (C=O) groups is 1. The summed E-state index contributed by atoms with van der Waals surface area (Å²) in [7, 11) is -3.33. The molecule has 0 spiro atoms. The average molecular weight is 446 g/mol. The third-order valence-corrected chi connectivity index (χ3v) is 6.40. The molecule has 2 aliphatic heterocycles. The number of nitrogens with one attached hydrogen (secondary N) is 1. The van der Waals surface area contributed by atoms with Crippen LogP contribution in [0.25, 0.3) is 0 Å². The Bertz CT molecular complexity index is 969. The lowest BCUT2D eigenvalue weighted by molar-refractivity contribution is -0.133. The molecular weight excluding hydrogens is 418 g/mol.